The van der Waals surface area contributed by atoms with E-state index in [0.29, 0.717) is 30.9 Å². The van der Waals surface area contributed by atoms with Crippen molar-refractivity contribution in [2.45, 2.75) is 53.0 Å². The number of aromatic nitrogens is 1. The standard InChI is InChI=1S/C17H32N4O2.HI/c1-13(2)7-9-22-10-8-19-16(18-6)21-12-15-20-11-14(23-15)17(3,4)5;/h11,13H,7-10,12H2,1-6H3,(H2,18,19,21);1H. The summed E-state index contributed by atoms with van der Waals surface area (Å²) in [4.78, 5) is 8.46. The lowest BCUT2D eigenvalue weighted by atomic mass is 9.94. The van der Waals surface area contributed by atoms with E-state index >= 15 is 0 Å². The van der Waals surface area contributed by atoms with Crippen LogP contribution in [0.15, 0.2) is 15.6 Å². The Kier molecular flexibility index (Phi) is 11.3. The highest BCUT2D eigenvalue weighted by Crippen LogP contribution is 2.22. The highest BCUT2D eigenvalue weighted by atomic mass is 127. The number of aliphatic imine (C=N–C) groups is 1. The minimum absolute atomic E-state index is 0. The molecule has 1 aromatic heterocycles. The highest BCUT2D eigenvalue weighted by Gasteiger charge is 2.19. The summed E-state index contributed by atoms with van der Waals surface area (Å²) in [5, 5.41) is 6.40. The van der Waals surface area contributed by atoms with Gasteiger partial charge >= 0.3 is 0 Å². The van der Waals surface area contributed by atoms with Crippen LogP contribution in [0.2, 0.25) is 0 Å². The average Bonchev–Trinajstić information content (AvgIpc) is 2.94. The van der Waals surface area contributed by atoms with Crippen molar-refractivity contribution in [1.82, 2.24) is 15.6 Å². The summed E-state index contributed by atoms with van der Waals surface area (Å²) in [7, 11) is 1.74. The molecule has 7 heteroatoms. The molecule has 0 unspecified atom stereocenters. The van der Waals surface area contributed by atoms with Crippen LogP contribution < -0.4 is 10.6 Å². The molecule has 0 aromatic carbocycles. The molecule has 0 radical (unpaired) electrons. The van der Waals surface area contributed by atoms with Crippen LogP contribution in [0.25, 0.3) is 0 Å². The van der Waals surface area contributed by atoms with E-state index in [1.54, 1.807) is 13.2 Å². The fourth-order valence-electron chi connectivity index (χ4n) is 1.78. The Morgan fingerprint density at radius 2 is 2.00 bits per heavy atom. The van der Waals surface area contributed by atoms with Crippen molar-refractivity contribution in [3.63, 3.8) is 0 Å². The number of hydrogen-bond donors (Lipinski definition) is 2. The van der Waals surface area contributed by atoms with Crippen molar-refractivity contribution >= 4 is 29.9 Å². The van der Waals surface area contributed by atoms with Crippen molar-refractivity contribution in [3.8, 4) is 0 Å². The summed E-state index contributed by atoms with van der Waals surface area (Å²) < 4.78 is 11.3. The third-order valence-electron chi connectivity index (χ3n) is 3.30. The van der Waals surface area contributed by atoms with Crippen molar-refractivity contribution < 1.29 is 9.15 Å². The molecule has 2 N–H and O–H groups in total. The zero-order valence-corrected chi connectivity index (χ0v) is 18.1. The number of nitrogens with zero attached hydrogens (tertiary/aromatic N) is 2. The Hall–Kier alpha value is -0.830. The number of hydrogen-bond acceptors (Lipinski definition) is 4. The SMILES string of the molecule is CN=C(NCCOCCC(C)C)NCc1ncc(C(C)(C)C)o1.I. The van der Waals surface area contributed by atoms with Crippen LogP contribution in [0.4, 0.5) is 0 Å². The lowest BCUT2D eigenvalue weighted by Gasteiger charge is -2.13. The monoisotopic (exact) mass is 452 g/mol. The Morgan fingerprint density at radius 1 is 1.29 bits per heavy atom. The number of nitrogens with one attached hydrogen (secondary N) is 2. The Labute approximate surface area is 163 Å². The molecule has 0 aliphatic carbocycles. The van der Waals surface area contributed by atoms with Crippen LogP contribution in [-0.2, 0) is 16.7 Å². The normalized spacial score (nSPS) is 12.2. The number of rotatable bonds is 8. The molecule has 0 saturated heterocycles. The molecule has 1 rings (SSSR count). The highest BCUT2D eigenvalue weighted by molar-refractivity contribution is 14.0. The maximum absolute atomic E-state index is 5.74. The van der Waals surface area contributed by atoms with Gasteiger partial charge in [-0.1, -0.05) is 34.6 Å². The van der Waals surface area contributed by atoms with Crippen molar-refractivity contribution in [1.29, 1.82) is 0 Å². The van der Waals surface area contributed by atoms with Crippen molar-refractivity contribution in [2.75, 3.05) is 26.8 Å². The van der Waals surface area contributed by atoms with Crippen LogP contribution in [0.3, 0.4) is 0 Å². The Morgan fingerprint density at radius 3 is 2.54 bits per heavy atom. The van der Waals surface area contributed by atoms with Crippen molar-refractivity contribution in [2.24, 2.45) is 10.9 Å². The predicted octanol–water partition coefficient (Wildman–Crippen LogP) is 3.32. The van der Waals surface area contributed by atoms with E-state index in [1.807, 2.05) is 0 Å². The molecular formula is C17H33IN4O2. The van der Waals surface area contributed by atoms with E-state index in [1.165, 1.54) is 0 Å². The summed E-state index contributed by atoms with van der Waals surface area (Å²) in [6, 6.07) is 0. The Balaban J connectivity index is 0.00000529. The molecule has 6 nitrogen and oxygen atoms in total. The Bertz CT molecular complexity index is 481. The van der Waals surface area contributed by atoms with Gasteiger partial charge in [0.1, 0.15) is 5.76 Å². The maximum Gasteiger partial charge on any atom is 0.213 e. The molecular weight excluding hydrogens is 419 g/mol. The fourth-order valence-corrected chi connectivity index (χ4v) is 1.78. The van der Waals surface area contributed by atoms with Crippen molar-refractivity contribution in [3.05, 3.63) is 17.8 Å². The molecule has 24 heavy (non-hydrogen) atoms. The number of ether oxygens (including phenoxy) is 1. The van der Waals surface area contributed by atoms with Gasteiger partial charge in [-0.25, -0.2) is 4.98 Å². The molecule has 0 spiro atoms. The zero-order chi connectivity index (χ0) is 17.3. The second-order valence-electron chi connectivity index (χ2n) is 7.02. The van der Waals surface area contributed by atoms with Gasteiger partial charge in [0.05, 0.1) is 19.3 Å². The van der Waals surface area contributed by atoms with E-state index in [-0.39, 0.29) is 29.4 Å². The van der Waals surface area contributed by atoms with Gasteiger partial charge in [0, 0.05) is 25.6 Å². The summed E-state index contributed by atoms with van der Waals surface area (Å²) in [5.41, 5.74) is -0.0293. The fraction of sp³-hybridized carbons (Fsp3) is 0.765. The third-order valence-corrected chi connectivity index (χ3v) is 3.30. The molecule has 0 amide bonds. The summed E-state index contributed by atoms with van der Waals surface area (Å²) in [6.07, 6.45) is 2.88. The summed E-state index contributed by atoms with van der Waals surface area (Å²) in [6.45, 7) is 13.4. The second kappa shape index (κ2) is 11.7. The van der Waals surface area contributed by atoms with Gasteiger partial charge < -0.3 is 19.8 Å². The van der Waals surface area contributed by atoms with E-state index < -0.39 is 0 Å². The van der Waals surface area contributed by atoms with Gasteiger partial charge in [-0.3, -0.25) is 4.99 Å². The average molecular weight is 452 g/mol. The first kappa shape index (κ1) is 23.2. The molecule has 1 heterocycles. The van der Waals surface area contributed by atoms with E-state index in [2.05, 4.69) is 55.2 Å². The quantitative estimate of drug-likeness (QED) is 0.274. The van der Waals surface area contributed by atoms with Crippen LogP contribution in [-0.4, -0.2) is 37.7 Å². The summed E-state index contributed by atoms with van der Waals surface area (Å²) >= 11 is 0. The molecule has 1 aromatic rings. The zero-order valence-electron chi connectivity index (χ0n) is 15.8. The minimum atomic E-state index is -0.0293. The first-order chi connectivity index (χ1) is 10.8. The van der Waals surface area contributed by atoms with E-state index in [4.69, 9.17) is 9.15 Å². The summed E-state index contributed by atoms with van der Waals surface area (Å²) in [5.74, 6) is 2.94. The first-order valence-corrected chi connectivity index (χ1v) is 8.30. The molecule has 0 atom stereocenters. The maximum atomic E-state index is 5.74. The van der Waals surface area contributed by atoms with Crippen LogP contribution in [0.5, 0.6) is 0 Å². The topological polar surface area (TPSA) is 71.7 Å². The lowest BCUT2D eigenvalue weighted by Crippen LogP contribution is -2.38. The smallest absolute Gasteiger partial charge is 0.213 e. The van der Waals surface area contributed by atoms with Gasteiger partial charge in [-0.05, 0) is 12.3 Å². The number of oxazole rings is 1. The van der Waals surface area contributed by atoms with Gasteiger partial charge in [0.25, 0.3) is 0 Å². The van der Waals surface area contributed by atoms with Gasteiger partial charge in [0.2, 0.25) is 5.89 Å². The largest absolute Gasteiger partial charge is 0.443 e. The molecule has 0 saturated carbocycles. The number of guanidine groups is 1. The first-order valence-electron chi connectivity index (χ1n) is 8.30. The van der Waals surface area contributed by atoms with E-state index in [9.17, 15) is 0 Å². The molecule has 0 bridgehead atoms. The molecule has 0 aliphatic rings. The lowest BCUT2D eigenvalue weighted by molar-refractivity contribution is 0.128. The third kappa shape index (κ3) is 9.46. The predicted molar refractivity (Wildman–Crippen MR) is 109 cm³/mol. The van der Waals surface area contributed by atoms with Gasteiger partial charge in [-0.15, -0.1) is 24.0 Å². The molecule has 140 valence electrons. The van der Waals surface area contributed by atoms with E-state index in [0.717, 1.165) is 25.3 Å². The van der Waals surface area contributed by atoms with Gasteiger partial charge in [-0.2, -0.15) is 0 Å². The second-order valence-corrected chi connectivity index (χ2v) is 7.02. The molecule has 0 fully saturated rings. The molecule has 0 aliphatic heterocycles. The minimum Gasteiger partial charge on any atom is -0.443 e. The van der Waals surface area contributed by atoms with Crippen LogP contribution in [0.1, 0.15) is 52.7 Å². The number of halogens is 1. The van der Waals surface area contributed by atoms with Gasteiger partial charge in [0.15, 0.2) is 5.96 Å². The van der Waals surface area contributed by atoms with Crippen LogP contribution in [0, 0.1) is 5.92 Å². The van der Waals surface area contributed by atoms with Crippen LogP contribution >= 0.6 is 24.0 Å².